The summed E-state index contributed by atoms with van der Waals surface area (Å²) in [7, 11) is 0. The summed E-state index contributed by atoms with van der Waals surface area (Å²) in [5.74, 6) is -0.784. The number of hydrogen-bond acceptors (Lipinski definition) is 4. The SMILES string of the molecule is CCCCCCCCCCCCNCCN(CCN)CC(=O)O. The molecule has 0 aromatic carbocycles. The molecule has 0 atom stereocenters. The van der Waals surface area contributed by atoms with Gasteiger partial charge in [0.25, 0.3) is 0 Å². The fraction of sp³-hybridized carbons (Fsp3) is 0.944. The van der Waals surface area contributed by atoms with Gasteiger partial charge in [-0.15, -0.1) is 0 Å². The smallest absolute Gasteiger partial charge is 0.317 e. The lowest BCUT2D eigenvalue weighted by Gasteiger charge is -2.19. The summed E-state index contributed by atoms with van der Waals surface area (Å²) in [5.41, 5.74) is 5.49. The van der Waals surface area contributed by atoms with Gasteiger partial charge < -0.3 is 16.2 Å². The van der Waals surface area contributed by atoms with Crippen molar-refractivity contribution in [3.63, 3.8) is 0 Å². The zero-order chi connectivity index (χ0) is 17.2. The molecule has 0 radical (unpaired) electrons. The summed E-state index contributed by atoms with van der Waals surface area (Å²) in [6.45, 7) is 6.11. The van der Waals surface area contributed by atoms with E-state index in [2.05, 4.69) is 12.2 Å². The van der Waals surface area contributed by atoms with Gasteiger partial charge in [-0.1, -0.05) is 64.7 Å². The third-order valence-electron chi connectivity index (χ3n) is 4.12. The predicted octanol–water partition coefficient (Wildman–Crippen LogP) is 2.84. The monoisotopic (exact) mass is 329 g/mol. The summed E-state index contributed by atoms with van der Waals surface area (Å²) in [4.78, 5) is 12.6. The second kappa shape index (κ2) is 17.7. The zero-order valence-corrected chi connectivity index (χ0v) is 15.2. The summed E-state index contributed by atoms with van der Waals surface area (Å²) < 4.78 is 0. The van der Waals surface area contributed by atoms with E-state index in [1.807, 2.05) is 4.90 Å². The highest BCUT2D eigenvalue weighted by atomic mass is 16.4. The maximum absolute atomic E-state index is 10.7. The van der Waals surface area contributed by atoms with E-state index in [-0.39, 0.29) is 6.54 Å². The van der Waals surface area contributed by atoms with Crippen molar-refractivity contribution in [3.8, 4) is 0 Å². The van der Waals surface area contributed by atoms with Crippen LogP contribution in [0.1, 0.15) is 71.1 Å². The minimum atomic E-state index is -0.784. The molecule has 5 heteroatoms. The van der Waals surface area contributed by atoms with Crippen molar-refractivity contribution in [1.82, 2.24) is 10.2 Å². The molecule has 0 bridgehead atoms. The van der Waals surface area contributed by atoms with E-state index in [1.54, 1.807) is 0 Å². The van der Waals surface area contributed by atoms with Crippen LogP contribution in [0.25, 0.3) is 0 Å². The minimum absolute atomic E-state index is 0.0805. The molecule has 0 aliphatic rings. The van der Waals surface area contributed by atoms with E-state index in [9.17, 15) is 4.79 Å². The van der Waals surface area contributed by atoms with E-state index < -0.39 is 5.97 Å². The number of unbranched alkanes of at least 4 members (excludes halogenated alkanes) is 9. The molecule has 0 unspecified atom stereocenters. The number of nitrogens with one attached hydrogen (secondary N) is 1. The molecule has 0 aromatic heterocycles. The van der Waals surface area contributed by atoms with Gasteiger partial charge in [0.2, 0.25) is 0 Å². The molecule has 0 aliphatic heterocycles. The molecule has 0 heterocycles. The lowest BCUT2D eigenvalue weighted by Crippen LogP contribution is -2.39. The number of hydrogen-bond donors (Lipinski definition) is 3. The average Bonchev–Trinajstić information content (AvgIpc) is 2.51. The lowest BCUT2D eigenvalue weighted by molar-refractivity contribution is -0.138. The molecule has 0 aliphatic carbocycles. The molecule has 0 rings (SSSR count). The minimum Gasteiger partial charge on any atom is -0.480 e. The Kier molecular flexibility index (Phi) is 17.2. The van der Waals surface area contributed by atoms with E-state index in [0.29, 0.717) is 13.1 Å². The Morgan fingerprint density at radius 3 is 2.00 bits per heavy atom. The number of carboxylic acids is 1. The first-order valence-electron chi connectivity index (χ1n) is 9.55. The standard InChI is InChI=1S/C18H39N3O2/c1-2-3-4-5-6-7-8-9-10-11-13-20-14-16-21(15-12-19)17-18(22)23/h20H,2-17,19H2,1H3,(H,22,23). The molecule has 0 saturated heterocycles. The van der Waals surface area contributed by atoms with Crippen LogP contribution in [0.3, 0.4) is 0 Å². The van der Waals surface area contributed by atoms with Crippen molar-refractivity contribution >= 4 is 5.97 Å². The first kappa shape index (κ1) is 22.4. The van der Waals surface area contributed by atoms with Crippen LogP contribution < -0.4 is 11.1 Å². The Bertz CT molecular complexity index is 263. The predicted molar refractivity (Wildman–Crippen MR) is 97.8 cm³/mol. The van der Waals surface area contributed by atoms with Crippen LogP contribution in [0.15, 0.2) is 0 Å². The Labute approximate surface area is 143 Å². The Morgan fingerprint density at radius 2 is 1.48 bits per heavy atom. The van der Waals surface area contributed by atoms with Crippen LogP contribution in [-0.4, -0.2) is 55.2 Å². The molecular formula is C18H39N3O2. The Hall–Kier alpha value is -0.650. The Morgan fingerprint density at radius 1 is 0.913 bits per heavy atom. The fourth-order valence-corrected chi connectivity index (χ4v) is 2.74. The highest BCUT2D eigenvalue weighted by Crippen LogP contribution is 2.10. The van der Waals surface area contributed by atoms with Gasteiger partial charge in [0.1, 0.15) is 0 Å². The first-order valence-corrected chi connectivity index (χ1v) is 9.55. The van der Waals surface area contributed by atoms with Crippen LogP contribution in [0.5, 0.6) is 0 Å². The van der Waals surface area contributed by atoms with E-state index in [1.165, 1.54) is 64.2 Å². The van der Waals surface area contributed by atoms with Gasteiger partial charge in [-0.3, -0.25) is 9.69 Å². The van der Waals surface area contributed by atoms with Crippen molar-refractivity contribution in [1.29, 1.82) is 0 Å². The van der Waals surface area contributed by atoms with Crippen LogP contribution in [0.4, 0.5) is 0 Å². The molecule has 23 heavy (non-hydrogen) atoms. The van der Waals surface area contributed by atoms with Gasteiger partial charge in [0, 0.05) is 26.2 Å². The highest BCUT2D eigenvalue weighted by Gasteiger charge is 2.07. The van der Waals surface area contributed by atoms with Gasteiger partial charge >= 0.3 is 5.97 Å². The lowest BCUT2D eigenvalue weighted by atomic mass is 10.1. The molecule has 5 nitrogen and oxygen atoms in total. The van der Waals surface area contributed by atoms with Gasteiger partial charge in [0.15, 0.2) is 0 Å². The molecule has 0 saturated carbocycles. The van der Waals surface area contributed by atoms with Gasteiger partial charge in [-0.25, -0.2) is 0 Å². The molecular weight excluding hydrogens is 290 g/mol. The van der Waals surface area contributed by atoms with Crippen LogP contribution in [0, 0.1) is 0 Å². The number of carbonyl (C=O) groups is 1. The molecule has 0 amide bonds. The first-order chi connectivity index (χ1) is 11.2. The van der Waals surface area contributed by atoms with Crippen LogP contribution in [-0.2, 0) is 4.79 Å². The van der Waals surface area contributed by atoms with Gasteiger partial charge in [-0.05, 0) is 13.0 Å². The maximum atomic E-state index is 10.7. The highest BCUT2D eigenvalue weighted by molar-refractivity contribution is 5.69. The summed E-state index contributed by atoms with van der Waals surface area (Å²) in [6, 6.07) is 0. The van der Waals surface area contributed by atoms with E-state index in [4.69, 9.17) is 10.8 Å². The second-order valence-corrected chi connectivity index (χ2v) is 6.39. The second-order valence-electron chi connectivity index (χ2n) is 6.39. The molecule has 0 spiro atoms. The number of nitrogens with two attached hydrogens (primary N) is 1. The van der Waals surface area contributed by atoms with Crippen LogP contribution >= 0.6 is 0 Å². The summed E-state index contributed by atoms with van der Waals surface area (Å²) in [6.07, 6.45) is 13.5. The molecule has 0 fully saturated rings. The van der Waals surface area contributed by atoms with Crippen LogP contribution in [0.2, 0.25) is 0 Å². The maximum Gasteiger partial charge on any atom is 0.317 e. The Balaban J connectivity index is 3.27. The fourth-order valence-electron chi connectivity index (χ4n) is 2.74. The largest absolute Gasteiger partial charge is 0.480 e. The van der Waals surface area contributed by atoms with E-state index in [0.717, 1.165) is 19.6 Å². The third kappa shape index (κ3) is 17.5. The van der Waals surface area contributed by atoms with E-state index >= 15 is 0 Å². The number of carboxylic acid groups (broad SMARTS) is 1. The van der Waals surface area contributed by atoms with Crippen molar-refractivity contribution in [2.45, 2.75) is 71.1 Å². The third-order valence-corrected chi connectivity index (χ3v) is 4.12. The van der Waals surface area contributed by atoms with Gasteiger partial charge in [-0.2, -0.15) is 0 Å². The quantitative estimate of drug-likeness (QED) is 0.337. The van der Waals surface area contributed by atoms with Crippen molar-refractivity contribution in [2.75, 3.05) is 39.3 Å². The normalized spacial score (nSPS) is 11.3. The van der Waals surface area contributed by atoms with Gasteiger partial charge in [0.05, 0.1) is 6.54 Å². The topological polar surface area (TPSA) is 78.6 Å². The zero-order valence-electron chi connectivity index (χ0n) is 15.2. The summed E-state index contributed by atoms with van der Waals surface area (Å²) in [5, 5.41) is 12.2. The molecule has 138 valence electrons. The number of rotatable bonds is 18. The van der Waals surface area contributed by atoms with Crippen molar-refractivity contribution in [3.05, 3.63) is 0 Å². The number of nitrogens with zero attached hydrogens (tertiary/aromatic N) is 1. The number of aliphatic carboxylic acids is 1. The van der Waals surface area contributed by atoms with Crippen molar-refractivity contribution < 1.29 is 9.90 Å². The average molecular weight is 330 g/mol. The molecule has 4 N–H and O–H groups in total. The van der Waals surface area contributed by atoms with Crippen molar-refractivity contribution in [2.24, 2.45) is 5.73 Å². The molecule has 0 aromatic rings. The summed E-state index contributed by atoms with van der Waals surface area (Å²) >= 11 is 0.